The summed E-state index contributed by atoms with van der Waals surface area (Å²) in [6, 6.07) is 20.1. The van der Waals surface area contributed by atoms with E-state index in [0.717, 1.165) is 29.3 Å². The Hall–Kier alpha value is -6.25. The molecule has 0 saturated carbocycles. The van der Waals surface area contributed by atoms with Crippen molar-refractivity contribution in [3.05, 3.63) is 120 Å². The van der Waals surface area contributed by atoms with Crippen molar-refractivity contribution in [2.24, 2.45) is 0 Å². The zero-order valence-corrected chi connectivity index (χ0v) is 27.6. The molecule has 15 heteroatoms. The lowest BCUT2D eigenvalue weighted by molar-refractivity contribution is -0.146. The summed E-state index contributed by atoms with van der Waals surface area (Å²) in [5.74, 6) is -6.50. The van der Waals surface area contributed by atoms with Crippen LogP contribution in [0, 0.1) is 17.5 Å². The number of nitrogens with one attached hydrogen (secondary N) is 4. The van der Waals surface area contributed by atoms with Crippen LogP contribution < -0.4 is 21.3 Å². The average molecular weight is 711 g/mol. The van der Waals surface area contributed by atoms with Crippen LogP contribution >= 0.6 is 0 Å². The predicted molar refractivity (Wildman–Crippen MR) is 182 cm³/mol. The molecule has 2 atom stereocenters. The van der Waals surface area contributed by atoms with Crippen LogP contribution in [-0.2, 0) is 31.9 Å². The fraction of sp³-hybridized carbons (Fsp3) is 0.222. The second-order valence-corrected chi connectivity index (χ2v) is 10.6. The molecule has 12 nitrogen and oxygen atoms in total. The highest BCUT2D eigenvalue weighted by molar-refractivity contribution is 5.94. The van der Waals surface area contributed by atoms with Crippen molar-refractivity contribution in [1.29, 1.82) is 0 Å². The van der Waals surface area contributed by atoms with Gasteiger partial charge in [-0.15, -0.1) is 0 Å². The standard InChI is InChI=1S/C18H18F2N2O4.C18H19FN2O4/c1-2-26-17(24)14(10-11-6-4-3-5-7-11)22-18(25)21-13-9-8-12(19)15(20)16(13)23;1-2-25-17(23)15(11-12-7-4-3-5-8-12)21-18(24)20-14-10-6-9-13(19)16(14)22/h3-9,14,23H,2,10H2,1H3,(H2,21,22,25);3-10,15,22H,2,11H2,1H3,(H2,20,21,24). The number of hydrogen-bond donors (Lipinski definition) is 6. The Morgan fingerprint density at radius 2 is 1.04 bits per heavy atom. The lowest BCUT2D eigenvalue weighted by atomic mass is 10.1. The van der Waals surface area contributed by atoms with E-state index < -0.39 is 65.0 Å². The maximum Gasteiger partial charge on any atom is 0.329 e. The number of phenolic OH excluding ortho intramolecular Hbond substituents is 2. The minimum atomic E-state index is -1.48. The minimum Gasteiger partial charge on any atom is -0.503 e. The van der Waals surface area contributed by atoms with E-state index in [9.17, 15) is 42.6 Å². The van der Waals surface area contributed by atoms with E-state index in [1.807, 2.05) is 36.4 Å². The molecule has 4 rings (SSSR count). The van der Waals surface area contributed by atoms with Gasteiger partial charge in [-0.3, -0.25) is 0 Å². The predicted octanol–water partition coefficient (Wildman–Crippen LogP) is 5.79. The number of para-hydroxylation sites is 1. The zero-order chi connectivity index (χ0) is 37.3. The maximum absolute atomic E-state index is 13.3. The van der Waals surface area contributed by atoms with E-state index in [1.54, 1.807) is 38.1 Å². The Kier molecular flexibility index (Phi) is 15.1. The lowest BCUT2D eigenvalue weighted by Crippen LogP contribution is -2.45. The summed E-state index contributed by atoms with van der Waals surface area (Å²) in [5.41, 5.74) is 1.21. The Bertz CT molecular complexity index is 1780. The van der Waals surface area contributed by atoms with Crippen LogP contribution in [0.2, 0.25) is 0 Å². The van der Waals surface area contributed by atoms with Crippen molar-refractivity contribution < 1.29 is 52.0 Å². The van der Waals surface area contributed by atoms with Gasteiger partial charge in [0.1, 0.15) is 12.1 Å². The topological polar surface area (TPSA) is 175 Å². The summed E-state index contributed by atoms with van der Waals surface area (Å²) in [5, 5.41) is 28.5. The van der Waals surface area contributed by atoms with E-state index in [0.29, 0.717) is 0 Å². The second-order valence-electron chi connectivity index (χ2n) is 10.6. The number of aromatic hydroxyl groups is 2. The summed E-state index contributed by atoms with van der Waals surface area (Å²) in [7, 11) is 0. The number of carbonyl (C=O) groups excluding carboxylic acids is 4. The van der Waals surface area contributed by atoms with Gasteiger partial charge < -0.3 is 41.0 Å². The molecule has 2 unspecified atom stereocenters. The monoisotopic (exact) mass is 710 g/mol. The second kappa shape index (κ2) is 19.7. The van der Waals surface area contributed by atoms with Gasteiger partial charge in [-0.2, -0.15) is 4.39 Å². The average Bonchev–Trinajstić information content (AvgIpc) is 3.11. The first-order valence-corrected chi connectivity index (χ1v) is 15.6. The van der Waals surface area contributed by atoms with Crippen molar-refractivity contribution in [2.75, 3.05) is 23.8 Å². The van der Waals surface area contributed by atoms with E-state index in [2.05, 4.69) is 21.3 Å². The van der Waals surface area contributed by atoms with Gasteiger partial charge in [0.25, 0.3) is 0 Å². The summed E-state index contributed by atoms with van der Waals surface area (Å²) < 4.78 is 49.6. The Balaban J connectivity index is 0.000000276. The third-order valence-electron chi connectivity index (χ3n) is 6.87. The lowest BCUT2D eigenvalue weighted by Gasteiger charge is -2.18. The number of urea groups is 2. The molecule has 4 amide bonds. The maximum atomic E-state index is 13.3. The molecule has 51 heavy (non-hydrogen) atoms. The van der Waals surface area contributed by atoms with E-state index in [1.165, 1.54) is 12.1 Å². The van der Waals surface area contributed by atoms with E-state index in [4.69, 9.17) is 9.47 Å². The molecule has 0 radical (unpaired) electrons. The van der Waals surface area contributed by atoms with E-state index in [-0.39, 0.29) is 37.4 Å². The van der Waals surface area contributed by atoms with Crippen LogP contribution in [0.15, 0.2) is 91.0 Å². The number of amides is 4. The first-order chi connectivity index (χ1) is 24.4. The number of anilines is 2. The third kappa shape index (κ3) is 12.3. The summed E-state index contributed by atoms with van der Waals surface area (Å²) >= 11 is 0. The van der Waals surface area contributed by atoms with Gasteiger partial charge in [0, 0.05) is 12.8 Å². The van der Waals surface area contributed by atoms with Crippen molar-refractivity contribution in [3.8, 4) is 11.5 Å². The number of halogens is 3. The zero-order valence-electron chi connectivity index (χ0n) is 27.6. The van der Waals surface area contributed by atoms with Crippen LogP contribution in [0.4, 0.5) is 34.1 Å². The Morgan fingerprint density at radius 1 is 0.588 bits per heavy atom. The van der Waals surface area contributed by atoms with Crippen molar-refractivity contribution in [3.63, 3.8) is 0 Å². The molecule has 0 aliphatic heterocycles. The van der Waals surface area contributed by atoms with Gasteiger partial charge in [0.05, 0.1) is 24.6 Å². The quantitative estimate of drug-likeness (QED) is 0.0791. The number of benzene rings is 4. The highest BCUT2D eigenvalue weighted by Crippen LogP contribution is 2.28. The molecule has 270 valence electrons. The molecular weight excluding hydrogens is 673 g/mol. The first kappa shape index (κ1) is 39.2. The molecule has 0 aliphatic carbocycles. The third-order valence-corrected chi connectivity index (χ3v) is 6.87. The molecule has 0 spiro atoms. The SMILES string of the molecule is CCOC(=O)C(Cc1ccccc1)NC(=O)Nc1ccc(F)c(F)c1O.CCOC(=O)C(Cc1ccccc1)NC(=O)Nc1cccc(F)c1O. The van der Waals surface area contributed by atoms with Crippen LogP contribution in [0.25, 0.3) is 0 Å². The van der Waals surface area contributed by atoms with Gasteiger partial charge in [-0.05, 0) is 49.2 Å². The molecule has 0 bridgehead atoms. The number of carbonyl (C=O) groups is 4. The minimum absolute atomic E-state index is 0.0974. The largest absolute Gasteiger partial charge is 0.503 e. The molecule has 0 fully saturated rings. The molecule has 0 heterocycles. The molecule has 4 aromatic carbocycles. The van der Waals surface area contributed by atoms with Crippen molar-refractivity contribution >= 4 is 35.4 Å². The number of rotatable bonds is 12. The molecule has 0 saturated heterocycles. The highest BCUT2D eigenvalue weighted by atomic mass is 19.2. The normalized spacial score (nSPS) is 11.5. The van der Waals surface area contributed by atoms with Crippen molar-refractivity contribution in [1.82, 2.24) is 10.6 Å². The van der Waals surface area contributed by atoms with Gasteiger partial charge in [0.15, 0.2) is 23.1 Å². The van der Waals surface area contributed by atoms with Crippen LogP contribution in [0.1, 0.15) is 25.0 Å². The first-order valence-electron chi connectivity index (χ1n) is 15.6. The smallest absolute Gasteiger partial charge is 0.329 e. The molecule has 0 aliphatic rings. The number of esters is 2. The van der Waals surface area contributed by atoms with Gasteiger partial charge in [0.2, 0.25) is 5.82 Å². The Labute approximate surface area is 291 Å². The van der Waals surface area contributed by atoms with Gasteiger partial charge in [-0.1, -0.05) is 66.7 Å². The number of phenols is 2. The van der Waals surface area contributed by atoms with Crippen molar-refractivity contribution in [2.45, 2.75) is 38.8 Å². The fourth-order valence-corrected chi connectivity index (χ4v) is 4.46. The highest BCUT2D eigenvalue weighted by Gasteiger charge is 2.25. The molecule has 0 aromatic heterocycles. The van der Waals surface area contributed by atoms with Crippen LogP contribution in [0.5, 0.6) is 11.5 Å². The summed E-state index contributed by atoms with van der Waals surface area (Å²) in [4.78, 5) is 48.4. The van der Waals surface area contributed by atoms with Gasteiger partial charge in [-0.25, -0.2) is 28.0 Å². The number of ether oxygens (including phenoxy) is 2. The molecule has 4 aromatic rings. The Morgan fingerprint density at radius 3 is 1.49 bits per heavy atom. The summed E-state index contributed by atoms with van der Waals surface area (Å²) in [6.07, 6.45) is 0.416. The fourth-order valence-electron chi connectivity index (χ4n) is 4.46. The van der Waals surface area contributed by atoms with E-state index >= 15 is 0 Å². The van der Waals surface area contributed by atoms with Crippen LogP contribution in [0.3, 0.4) is 0 Å². The molecular formula is C36H37F3N4O8. The summed E-state index contributed by atoms with van der Waals surface area (Å²) in [6.45, 7) is 3.62. The van der Waals surface area contributed by atoms with Gasteiger partial charge >= 0.3 is 24.0 Å². The van der Waals surface area contributed by atoms with Crippen LogP contribution in [-0.4, -0.2) is 59.5 Å². The molecule has 6 N–H and O–H groups in total. The number of hydrogen-bond acceptors (Lipinski definition) is 8.